The smallest absolute Gasteiger partial charge is 0.202 e. The number of quaternary nitrogens is 1. The Bertz CT molecular complexity index is 1050. The van der Waals surface area contributed by atoms with Gasteiger partial charge < -0.3 is 13.6 Å². The Hall–Kier alpha value is -1.85. The molecule has 1 fully saturated rings. The van der Waals surface area contributed by atoms with Crippen LogP contribution in [0.3, 0.4) is 0 Å². The predicted molar refractivity (Wildman–Crippen MR) is 150 cm³/mol. The fraction of sp³-hybridized carbons (Fsp3) is 0.500. The van der Waals surface area contributed by atoms with Crippen molar-refractivity contribution in [1.29, 1.82) is 0 Å². The van der Waals surface area contributed by atoms with Crippen molar-refractivity contribution in [2.45, 2.75) is 65.0 Å². The van der Waals surface area contributed by atoms with Gasteiger partial charge >= 0.3 is 0 Å². The minimum Gasteiger partial charge on any atom is -0.439 e. The zero-order valence-electron chi connectivity index (χ0n) is 22.2. The maximum Gasteiger partial charge on any atom is 0.202 e. The Labute approximate surface area is 227 Å². The van der Waals surface area contributed by atoms with Gasteiger partial charge in [-0.25, -0.2) is 4.98 Å². The first-order valence-corrected chi connectivity index (χ1v) is 14.0. The Morgan fingerprint density at radius 2 is 1.72 bits per heavy atom. The summed E-state index contributed by atoms with van der Waals surface area (Å²) in [5.41, 5.74) is 2.33. The van der Waals surface area contributed by atoms with Gasteiger partial charge in [0.25, 0.3) is 0 Å². The van der Waals surface area contributed by atoms with Gasteiger partial charge in [0.2, 0.25) is 5.89 Å². The van der Waals surface area contributed by atoms with Crippen LogP contribution in [0.15, 0.2) is 59.1 Å². The molecule has 1 aliphatic rings. The van der Waals surface area contributed by atoms with Crippen LogP contribution in [-0.2, 0) is 17.9 Å². The lowest BCUT2D eigenvalue weighted by Gasteiger charge is -2.29. The van der Waals surface area contributed by atoms with E-state index < -0.39 is 0 Å². The van der Waals surface area contributed by atoms with Gasteiger partial charge in [0.1, 0.15) is 13.1 Å². The number of hydrogen-bond donors (Lipinski definition) is 0. The van der Waals surface area contributed by atoms with Crippen LogP contribution in [0.5, 0.6) is 0 Å². The van der Waals surface area contributed by atoms with E-state index in [1.165, 1.54) is 37.7 Å². The molecule has 0 bridgehead atoms. The minimum atomic E-state index is 0.236. The highest BCUT2D eigenvalue weighted by atomic mass is 35.5. The first-order valence-electron chi connectivity index (χ1n) is 13.2. The summed E-state index contributed by atoms with van der Waals surface area (Å²) in [6, 6.07) is 16.4. The van der Waals surface area contributed by atoms with E-state index in [1.807, 2.05) is 32.2 Å². The molecule has 196 valence electrons. The second-order valence-corrected chi connectivity index (χ2v) is 10.9. The summed E-state index contributed by atoms with van der Waals surface area (Å²) in [4.78, 5) is 4.77. The van der Waals surface area contributed by atoms with Crippen LogP contribution in [0.2, 0.25) is 10.0 Å². The summed E-state index contributed by atoms with van der Waals surface area (Å²) in [6.45, 7) is 6.80. The zero-order valence-corrected chi connectivity index (χ0v) is 23.7. The molecule has 4 nitrogen and oxygen atoms in total. The van der Waals surface area contributed by atoms with Crippen molar-refractivity contribution in [2.24, 2.45) is 5.92 Å². The fourth-order valence-electron chi connectivity index (χ4n) is 4.92. The number of ether oxygens (including phenoxy) is 1. The first-order chi connectivity index (χ1) is 17.4. The normalized spacial score (nSPS) is 15.3. The summed E-state index contributed by atoms with van der Waals surface area (Å²) >= 11 is 12.1. The first kappa shape index (κ1) is 28.7. The van der Waals surface area contributed by atoms with E-state index in [0.29, 0.717) is 29.2 Å². The van der Waals surface area contributed by atoms with E-state index >= 15 is 0 Å². The molecule has 1 saturated carbocycles. The van der Waals surface area contributed by atoms with E-state index in [9.17, 15) is 0 Å². The Kier molecular flexibility index (Phi) is 11.3. The van der Waals surface area contributed by atoms with Crippen LogP contribution < -0.4 is 0 Å². The van der Waals surface area contributed by atoms with Crippen LogP contribution >= 0.6 is 23.2 Å². The third-order valence-electron chi connectivity index (χ3n) is 6.79. The quantitative estimate of drug-likeness (QED) is 0.194. The third-order valence-corrected chi connectivity index (χ3v) is 7.53. The summed E-state index contributed by atoms with van der Waals surface area (Å²) in [6.07, 6.45) is 8.35. The standard InChI is InChI=1S/C28H35Cl2N2O2.C2H6/c1-32(2,15-16-33-20-21-13-14-25(29)26(30)17-21)19-24-18-31-28(34-24)27(22-9-5-3-6-10-22)23-11-7-4-8-12-23;1-2/h3,5-6,9-10,13-14,17-18,23,27H,4,7-8,11-12,15-16,19-20H2,1-2H3;1-2H3/q+1;. The predicted octanol–water partition coefficient (Wildman–Crippen LogP) is 8.51. The van der Waals surface area contributed by atoms with Crippen molar-refractivity contribution in [2.75, 3.05) is 27.2 Å². The van der Waals surface area contributed by atoms with Gasteiger partial charge in [0.05, 0.1) is 49.5 Å². The number of halogens is 2. The van der Waals surface area contributed by atoms with E-state index in [-0.39, 0.29) is 5.92 Å². The van der Waals surface area contributed by atoms with Crippen LogP contribution in [0.1, 0.15) is 74.6 Å². The van der Waals surface area contributed by atoms with Gasteiger partial charge in [-0.15, -0.1) is 0 Å². The van der Waals surface area contributed by atoms with Crippen molar-refractivity contribution in [3.63, 3.8) is 0 Å². The van der Waals surface area contributed by atoms with Crippen LogP contribution in [-0.4, -0.2) is 36.7 Å². The highest BCUT2D eigenvalue weighted by Gasteiger charge is 2.31. The van der Waals surface area contributed by atoms with Crippen LogP contribution in [0.25, 0.3) is 0 Å². The molecule has 0 radical (unpaired) electrons. The van der Waals surface area contributed by atoms with E-state index in [4.69, 9.17) is 37.3 Å². The van der Waals surface area contributed by atoms with Crippen molar-refractivity contribution in [1.82, 2.24) is 4.98 Å². The third kappa shape index (κ3) is 8.34. The summed E-state index contributed by atoms with van der Waals surface area (Å²) < 4.78 is 13.1. The molecule has 1 heterocycles. The Morgan fingerprint density at radius 1 is 1.00 bits per heavy atom. The van der Waals surface area contributed by atoms with E-state index in [2.05, 4.69) is 44.4 Å². The molecule has 0 saturated heterocycles. The Balaban J connectivity index is 0.00000176. The van der Waals surface area contributed by atoms with Crippen LogP contribution in [0, 0.1) is 5.92 Å². The lowest BCUT2D eigenvalue weighted by molar-refractivity contribution is -0.905. The van der Waals surface area contributed by atoms with Gasteiger partial charge in [-0.1, -0.05) is 92.7 Å². The lowest BCUT2D eigenvalue weighted by atomic mass is 9.77. The number of aromatic nitrogens is 1. The Morgan fingerprint density at radius 3 is 2.42 bits per heavy atom. The molecular weight excluding hydrogens is 491 g/mol. The molecule has 36 heavy (non-hydrogen) atoms. The minimum absolute atomic E-state index is 0.236. The summed E-state index contributed by atoms with van der Waals surface area (Å²) in [5.74, 6) is 2.63. The number of rotatable bonds is 10. The fourth-order valence-corrected chi connectivity index (χ4v) is 5.24. The van der Waals surface area contributed by atoms with Gasteiger partial charge in [-0.05, 0) is 42.0 Å². The van der Waals surface area contributed by atoms with E-state index in [0.717, 1.165) is 34.8 Å². The van der Waals surface area contributed by atoms with E-state index in [1.54, 1.807) is 6.07 Å². The van der Waals surface area contributed by atoms with Gasteiger partial charge in [0, 0.05) is 0 Å². The van der Waals surface area contributed by atoms with Gasteiger partial charge in [-0.3, -0.25) is 0 Å². The molecule has 1 aliphatic carbocycles. The number of benzene rings is 2. The molecule has 0 spiro atoms. The molecule has 1 unspecified atom stereocenters. The molecular formula is C30H41Cl2N2O2+. The molecule has 1 aromatic heterocycles. The van der Waals surface area contributed by atoms with Crippen LogP contribution in [0.4, 0.5) is 0 Å². The largest absolute Gasteiger partial charge is 0.439 e. The molecule has 0 aliphatic heterocycles. The molecule has 2 aromatic carbocycles. The monoisotopic (exact) mass is 531 g/mol. The van der Waals surface area contributed by atoms with Crippen molar-refractivity contribution < 1.29 is 13.6 Å². The maximum absolute atomic E-state index is 6.39. The topological polar surface area (TPSA) is 35.3 Å². The molecule has 1 atom stereocenters. The average Bonchev–Trinajstić information content (AvgIpc) is 3.33. The number of likely N-dealkylation sites (N-methyl/N-ethyl adjacent to an activating group) is 1. The maximum atomic E-state index is 6.39. The molecule has 0 N–H and O–H groups in total. The zero-order chi connectivity index (χ0) is 26.0. The van der Waals surface area contributed by atoms with Crippen molar-refractivity contribution >= 4 is 23.2 Å². The average molecular weight is 533 g/mol. The van der Waals surface area contributed by atoms with Gasteiger partial charge in [0.15, 0.2) is 5.76 Å². The molecule has 4 rings (SSSR count). The lowest BCUT2D eigenvalue weighted by Crippen LogP contribution is -2.41. The molecule has 6 heteroatoms. The number of hydrogen-bond acceptors (Lipinski definition) is 3. The second kappa shape index (κ2) is 14.2. The second-order valence-electron chi connectivity index (χ2n) is 10.1. The highest BCUT2D eigenvalue weighted by Crippen LogP contribution is 2.40. The number of nitrogens with zero attached hydrogens (tertiary/aromatic N) is 2. The summed E-state index contributed by atoms with van der Waals surface area (Å²) in [5, 5.41) is 1.12. The number of oxazole rings is 1. The van der Waals surface area contributed by atoms with Crippen molar-refractivity contribution in [3.8, 4) is 0 Å². The molecule has 3 aromatic rings. The summed E-state index contributed by atoms with van der Waals surface area (Å²) in [7, 11) is 4.39. The molecule has 0 amide bonds. The SMILES string of the molecule is CC.C[N+](C)(CCOCc1ccc(Cl)c(Cl)c1)Cc1cnc(C(c2ccccc2)C2CCCCC2)o1. The van der Waals surface area contributed by atoms with Crippen molar-refractivity contribution in [3.05, 3.63) is 87.6 Å². The highest BCUT2D eigenvalue weighted by molar-refractivity contribution is 6.42. The van der Waals surface area contributed by atoms with Gasteiger partial charge in [-0.2, -0.15) is 0 Å².